The largest absolute Gasteiger partial charge is 0.394 e. The summed E-state index contributed by atoms with van der Waals surface area (Å²) in [7, 11) is -4.00. The fourth-order valence-corrected chi connectivity index (χ4v) is 3.96. The molecule has 1 atom stereocenters. The molecular formula is C19H19FN4O4S. The van der Waals surface area contributed by atoms with Crippen molar-refractivity contribution in [1.82, 2.24) is 14.7 Å². The van der Waals surface area contributed by atoms with Gasteiger partial charge in [-0.05, 0) is 23.8 Å². The number of nitrogen functional groups attached to an aromatic ring is 1. The predicted octanol–water partition coefficient (Wildman–Crippen LogP) is 1.16. The zero-order chi connectivity index (χ0) is 21.0. The minimum Gasteiger partial charge on any atom is -0.394 e. The second kappa shape index (κ2) is 8.62. The van der Waals surface area contributed by atoms with Crippen molar-refractivity contribution in [1.29, 1.82) is 0 Å². The van der Waals surface area contributed by atoms with Crippen molar-refractivity contribution in [3.63, 3.8) is 0 Å². The second-order valence-electron chi connectivity index (χ2n) is 6.21. The van der Waals surface area contributed by atoms with E-state index in [2.05, 4.69) is 14.7 Å². The van der Waals surface area contributed by atoms with E-state index >= 15 is 0 Å². The van der Waals surface area contributed by atoms with Crippen LogP contribution in [0.15, 0.2) is 59.8 Å². The summed E-state index contributed by atoms with van der Waals surface area (Å²) in [5.41, 5.74) is 6.62. The first-order valence-corrected chi connectivity index (χ1v) is 10.1. The van der Waals surface area contributed by atoms with Crippen LogP contribution in [0.1, 0.15) is 0 Å². The number of aromatic nitrogens is 2. The highest BCUT2D eigenvalue weighted by Gasteiger charge is 2.21. The number of nitrogens with zero attached hydrogens (tertiary/aromatic N) is 2. The average Bonchev–Trinajstić information content (AvgIpc) is 2.73. The summed E-state index contributed by atoms with van der Waals surface area (Å²) >= 11 is 0. The van der Waals surface area contributed by atoms with Crippen molar-refractivity contribution in [2.24, 2.45) is 0 Å². The zero-order valence-electron chi connectivity index (χ0n) is 15.2. The van der Waals surface area contributed by atoms with Gasteiger partial charge in [0.15, 0.2) is 0 Å². The number of rotatable bonds is 7. The molecule has 8 nitrogen and oxygen atoms in total. The van der Waals surface area contributed by atoms with E-state index in [0.717, 1.165) is 0 Å². The van der Waals surface area contributed by atoms with E-state index in [-0.39, 0.29) is 28.4 Å². The maximum Gasteiger partial charge on any atom is 0.241 e. The molecule has 0 radical (unpaired) electrons. The Kier molecular flexibility index (Phi) is 6.18. The van der Waals surface area contributed by atoms with Crippen molar-refractivity contribution in [3.8, 4) is 22.4 Å². The lowest BCUT2D eigenvalue weighted by Crippen LogP contribution is -2.34. The lowest BCUT2D eigenvalue weighted by molar-refractivity contribution is 0.0988. The van der Waals surface area contributed by atoms with Crippen LogP contribution in [0.4, 0.5) is 10.2 Å². The van der Waals surface area contributed by atoms with Crippen LogP contribution in [0.2, 0.25) is 0 Å². The normalized spacial score (nSPS) is 12.7. The molecule has 0 aliphatic heterocycles. The Morgan fingerprint density at radius 1 is 1.10 bits per heavy atom. The lowest BCUT2D eigenvalue weighted by Gasteiger charge is -2.14. The summed E-state index contributed by atoms with van der Waals surface area (Å²) in [5.74, 6) is -0.388. The smallest absolute Gasteiger partial charge is 0.241 e. The van der Waals surface area contributed by atoms with Crippen LogP contribution in [-0.4, -0.2) is 47.9 Å². The van der Waals surface area contributed by atoms with Gasteiger partial charge in [0.25, 0.3) is 0 Å². The molecule has 1 unspecified atom stereocenters. The number of sulfonamides is 1. The van der Waals surface area contributed by atoms with Crippen LogP contribution in [-0.2, 0) is 10.0 Å². The first-order valence-electron chi connectivity index (χ1n) is 8.57. The highest BCUT2D eigenvalue weighted by molar-refractivity contribution is 7.89. The van der Waals surface area contributed by atoms with Gasteiger partial charge in [-0.25, -0.2) is 22.5 Å². The minimum absolute atomic E-state index is 0.0791. The van der Waals surface area contributed by atoms with Crippen LogP contribution in [0.3, 0.4) is 0 Å². The molecule has 1 aromatic heterocycles. The summed E-state index contributed by atoms with van der Waals surface area (Å²) in [6.45, 7) is -0.929. The molecule has 3 aromatic rings. The van der Waals surface area contributed by atoms with Gasteiger partial charge in [0.1, 0.15) is 11.6 Å². The topological polar surface area (TPSA) is 138 Å². The molecule has 0 saturated heterocycles. The third-order valence-corrected chi connectivity index (χ3v) is 5.61. The van der Waals surface area contributed by atoms with Gasteiger partial charge in [-0.3, -0.25) is 4.98 Å². The van der Waals surface area contributed by atoms with Crippen LogP contribution < -0.4 is 10.5 Å². The zero-order valence-corrected chi connectivity index (χ0v) is 16.0. The van der Waals surface area contributed by atoms with Crippen molar-refractivity contribution >= 4 is 15.8 Å². The van der Waals surface area contributed by atoms with E-state index in [4.69, 9.17) is 10.8 Å². The molecule has 152 valence electrons. The summed E-state index contributed by atoms with van der Waals surface area (Å²) in [6.07, 6.45) is 1.44. The number of aliphatic hydroxyl groups excluding tert-OH is 2. The molecular weight excluding hydrogens is 399 g/mol. The highest BCUT2D eigenvalue weighted by Crippen LogP contribution is 2.31. The van der Waals surface area contributed by atoms with E-state index in [1.807, 2.05) is 0 Å². The lowest BCUT2D eigenvalue weighted by atomic mass is 10.0. The standard InChI is InChI=1S/C19H19FN4O4S/c20-16-7-12(5-6-15(16)17-9-23-19(21)10-22-17)14-3-1-2-4-18(14)29(27,28)24-8-13(26)11-25/h1-7,9-10,13,24-26H,8,11H2,(H2,21,23). The van der Waals surface area contributed by atoms with E-state index in [1.165, 1.54) is 36.7 Å². The number of nitrogens with two attached hydrogens (primary N) is 1. The quantitative estimate of drug-likeness (QED) is 0.452. The number of aliphatic hydroxyl groups is 2. The first kappa shape index (κ1) is 20.8. The SMILES string of the molecule is Nc1cnc(-c2ccc(-c3ccccc3S(=O)(=O)NCC(O)CO)cc2F)cn1. The van der Waals surface area contributed by atoms with Gasteiger partial charge in [-0.1, -0.05) is 24.3 Å². The average molecular weight is 418 g/mol. The maximum absolute atomic E-state index is 14.7. The van der Waals surface area contributed by atoms with Gasteiger partial charge in [0.2, 0.25) is 10.0 Å². The number of benzene rings is 2. The Bertz CT molecular complexity index is 1110. The van der Waals surface area contributed by atoms with Crippen LogP contribution in [0.25, 0.3) is 22.4 Å². The molecule has 10 heteroatoms. The van der Waals surface area contributed by atoms with Gasteiger partial charge < -0.3 is 15.9 Å². The molecule has 29 heavy (non-hydrogen) atoms. The predicted molar refractivity (Wildman–Crippen MR) is 106 cm³/mol. The third-order valence-electron chi connectivity index (χ3n) is 4.12. The monoisotopic (exact) mass is 418 g/mol. The first-order chi connectivity index (χ1) is 13.8. The number of hydrogen-bond acceptors (Lipinski definition) is 7. The van der Waals surface area contributed by atoms with E-state index < -0.39 is 28.6 Å². The summed E-state index contributed by atoms with van der Waals surface area (Å²) in [6, 6.07) is 10.4. The van der Waals surface area contributed by atoms with Crippen LogP contribution in [0.5, 0.6) is 0 Å². The fourth-order valence-electron chi connectivity index (χ4n) is 2.66. The molecule has 0 amide bonds. The Balaban J connectivity index is 1.98. The second-order valence-corrected chi connectivity index (χ2v) is 7.94. The van der Waals surface area contributed by atoms with Crippen molar-refractivity contribution in [2.75, 3.05) is 18.9 Å². The van der Waals surface area contributed by atoms with Gasteiger partial charge in [-0.2, -0.15) is 0 Å². The van der Waals surface area contributed by atoms with Gasteiger partial charge in [-0.15, -0.1) is 0 Å². The molecule has 0 saturated carbocycles. The number of halogens is 1. The van der Waals surface area contributed by atoms with Crippen molar-refractivity contribution in [2.45, 2.75) is 11.0 Å². The molecule has 1 heterocycles. The Morgan fingerprint density at radius 3 is 2.52 bits per heavy atom. The minimum atomic E-state index is -4.00. The summed E-state index contributed by atoms with van der Waals surface area (Å²) in [5, 5.41) is 18.3. The van der Waals surface area contributed by atoms with Crippen molar-refractivity contribution in [3.05, 3.63) is 60.7 Å². The molecule has 0 spiro atoms. The van der Waals surface area contributed by atoms with Gasteiger partial charge in [0, 0.05) is 17.7 Å². The number of anilines is 1. The van der Waals surface area contributed by atoms with E-state index in [1.54, 1.807) is 18.2 Å². The molecule has 2 aromatic carbocycles. The molecule has 0 fully saturated rings. The molecule has 0 aliphatic rings. The van der Waals surface area contributed by atoms with Crippen LogP contribution in [0, 0.1) is 5.82 Å². The Hall–Kier alpha value is -2.92. The Labute approximate surface area is 166 Å². The highest BCUT2D eigenvalue weighted by atomic mass is 32.2. The number of nitrogens with one attached hydrogen (secondary N) is 1. The fraction of sp³-hybridized carbons (Fsp3) is 0.158. The molecule has 5 N–H and O–H groups in total. The Morgan fingerprint density at radius 2 is 1.86 bits per heavy atom. The summed E-state index contributed by atoms with van der Waals surface area (Å²) < 4.78 is 42.2. The summed E-state index contributed by atoms with van der Waals surface area (Å²) in [4.78, 5) is 7.85. The van der Waals surface area contributed by atoms with E-state index in [0.29, 0.717) is 11.3 Å². The van der Waals surface area contributed by atoms with Crippen LogP contribution >= 0.6 is 0 Å². The molecule has 3 rings (SSSR count). The third kappa shape index (κ3) is 4.74. The van der Waals surface area contributed by atoms with Gasteiger partial charge >= 0.3 is 0 Å². The number of hydrogen-bond donors (Lipinski definition) is 4. The molecule has 0 aliphatic carbocycles. The van der Waals surface area contributed by atoms with Crippen molar-refractivity contribution < 1.29 is 23.0 Å². The molecule has 0 bridgehead atoms. The maximum atomic E-state index is 14.7. The van der Waals surface area contributed by atoms with Gasteiger partial charge in [0.05, 0.1) is 35.7 Å². The van der Waals surface area contributed by atoms with E-state index in [9.17, 15) is 17.9 Å².